The van der Waals surface area contributed by atoms with E-state index in [1.54, 1.807) is 0 Å². The Kier molecular flexibility index (Phi) is 5.68. The lowest BCUT2D eigenvalue weighted by Crippen LogP contribution is -2.41. The van der Waals surface area contributed by atoms with Crippen LogP contribution in [0.5, 0.6) is 17.2 Å². The summed E-state index contributed by atoms with van der Waals surface area (Å²) in [5, 5.41) is 2.51. The molecule has 1 aliphatic heterocycles. The molecule has 0 bridgehead atoms. The third kappa shape index (κ3) is 3.59. The summed E-state index contributed by atoms with van der Waals surface area (Å²) in [5.74, 6) is -0.627. The van der Waals surface area contributed by atoms with Crippen LogP contribution >= 0.6 is 0 Å². The predicted octanol–water partition coefficient (Wildman–Crippen LogP) is 0.810. The Hall–Kier alpha value is -2.97. The monoisotopic (exact) mass is 352 g/mol. The number of rotatable bonds is 6. The maximum atomic E-state index is 12.4. The van der Waals surface area contributed by atoms with Gasteiger partial charge in [0.25, 0.3) is 5.91 Å². The molecule has 136 valence electrons. The van der Waals surface area contributed by atoms with Gasteiger partial charge in [-0.3, -0.25) is 9.69 Å². The van der Waals surface area contributed by atoms with Crippen molar-refractivity contribution < 1.29 is 33.3 Å². The summed E-state index contributed by atoms with van der Waals surface area (Å²) in [4.78, 5) is 37.2. The van der Waals surface area contributed by atoms with Gasteiger partial charge in [-0.15, -0.1) is 0 Å². The molecule has 0 saturated carbocycles. The number of hydrogen-bond donors (Lipinski definition) is 1. The number of nitrogens with one attached hydrogen (secondary N) is 1. The molecule has 0 radical (unpaired) electrons. The van der Waals surface area contributed by atoms with Crippen molar-refractivity contribution >= 4 is 17.9 Å². The number of nitrogens with zero attached hydrogens (tertiary/aromatic N) is 1. The molecular formula is C16H20N2O7. The highest BCUT2D eigenvalue weighted by atomic mass is 16.6. The molecular weight excluding hydrogens is 332 g/mol. The van der Waals surface area contributed by atoms with Crippen LogP contribution in [0.1, 0.15) is 17.3 Å². The summed E-state index contributed by atoms with van der Waals surface area (Å²) in [6.45, 7) is 2.01. The van der Waals surface area contributed by atoms with Gasteiger partial charge in [0.15, 0.2) is 17.6 Å². The largest absolute Gasteiger partial charge is 0.493 e. The maximum Gasteiger partial charge on any atom is 0.342 e. The highest BCUT2D eigenvalue weighted by Crippen LogP contribution is 2.40. The van der Waals surface area contributed by atoms with Gasteiger partial charge in [0, 0.05) is 13.1 Å². The van der Waals surface area contributed by atoms with Crippen molar-refractivity contribution in [1.29, 1.82) is 0 Å². The first-order chi connectivity index (χ1) is 11.9. The van der Waals surface area contributed by atoms with Crippen LogP contribution in [0, 0.1) is 0 Å². The molecule has 1 aliphatic rings. The Bertz CT molecular complexity index is 689. The van der Waals surface area contributed by atoms with Crippen LogP contribution in [0.15, 0.2) is 12.1 Å². The molecule has 3 amide bonds. The number of carbonyl (C=O) groups is 3. The summed E-state index contributed by atoms with van der Waals surface area (Å²) >= 11 is 0. The van der Waals surface area contributed by atoms with Gasteiger partial charge in [-0.25, -0.2) is 9.59 Å². The van der Waals surface area contributed by atoms with Gasteiger partial charge in [0.05, 0.1) is 21.3 Å². The van der Waals surface area contributed by atoms with Gasteiger partial charge in [0.2, 0.25) is 5.75 Å². The Morgan fingerprint density at radius 2 is 1.80 bits per heavy atom. The third-order valence-electron chi connectivity index (χ3n) is 3.68. The molecule has 0 aromatic heterocycles. The Morgan fingerprint density at radius 3 is 2.32 bits per heavy atom. The number of esters is 1. The SMILES string of the molecule is COc1ccc(C(=O)OC(C)C(=O)N2CCNC2=O)c(OC)c1OC. The minimum Gasteiger partial charge on any atom is -0.493 e. The smallest absolute Gasteiger partial charge is 0.342 e. The van der Waals surface area contributed by atoms with E-state index in [4.69, 9.17) is 18.9 Å². The fourth-order valence-electron chi connectivity index (χ4n) is 2.44. The van der Waals surface area contributed by atoms with E-state index >= 15 is 0 Å². The highest BCUT2D eigenvalue weighted by Gasteiger charge is 2.32. The van der Waals surface area contributed by atoms with E-state index in [9.17, 15) is 14.4 Å². The normalized spacial score (nSPS) is 14.6. The van der Waals surface area contributed by atoms with Crippen molar-refractivity contribution in [3.8, 4) is 17.2 Å². The van der Waals surface area contributed by atoms with Crippen LogP contribution in [-0.4, -0.2) is 63.3 Å². The molecule has 1 aromatic carbocycles. The van der Waals surface area contributed by atoms with E-state index in [-0.39, 0.29) is 23.6 Å². The molecule has 1 heterocycles. The van der Waals surface area contributed by atoms with Crippen molar-refractivity contribution in [1.82, 2.24) is 10.2 Å². The Balaban J connectivity index is 2.20. The van der Waals surface area contributed by atoms with Crippen LogP contribution in [0.4, 0.5) is 4.79 Å². The van der Waals surface area contributed by atoms with Gasteiger partial charge in [-0.05, 0) is 19.1 Å². The zero-order valence-electron chi connectivity index (χ0n) is 14.5. The molecule has 1 fully saturated rings. The van der Waals surface area contributed by atoms with E-state index < -0.39 is 24.0 Å². The van der Waals surface area contributed by atoms with Gasteiger partial charge in [-0.1, -0.05) is 0 Å². The van der Waals surface area contributed by atoms with Crippen LogP contribution in [0.2, 0.25) is 0 Å². The summed E-state index contributed by atoms with van der Waals surface area (Å²) in [6.07, 6.45) is -1.13. The molecule has 1 aromatic rings. The molecule has 9 nitrogen and oxygen atoms in total. The second-order valence-electron chi connectivity index (χ2n) is 5.15. The van der Waals surface area contributed by atoms with Gasteiger partial charge in [0.1, 0.15) is 5.56 Å². The highest BCUT2D eigenvalue weighted by molar-refractivity contribution is 6.00. The van der Waals surface area contributed by atoms with E-state index in [0.717, 1.165) is 4.90 Å². The molecule has 1 N–H and O–H groups in total. The number of urea groups is 1. The maximum absolute atomic E-state index is 12.4. The first-order valence-electron chi connectivity index (χ1n) is 7.53. The number of benzene rings is 1. The van der Waals surface area contributed by atoms with E-state index in [2.05, 4.69) is 5.32 Å². The predicted molar refractivity (Wildman–Crippen MR) is 86.1 cm³/mol. The number of imide groups is 1. The second kappa shape index (κ2) is 7.73. The van der Waals surface area contributed by atoms with Gasteiger partial charge >= 0.3 is 12.0 Å². The van der Waals surface area contributed by atoms with Crippen LogP contribution in [0.25, 0.3) is 0 Å². The molecule has 0 aliphatic carbocycles. The second-order valence-corrected chi connectivity index (χ2v) is 5.15. The molecule has 9 heteroatoms. The van der Waals surface area contributed by atoms with E-state index in [0.29, 0.717) is 12.3 Å². The standard InChI is InChI=1S/C16H20N2O7/c1-9(14(19)18-8-7-17-16(18)21)25-15(20)10-5-6-11(22-2)13(24-4)12(10)23-3/h5-6,9H,7-8H2,1-4H3,(H,17,21). The molecule has 1 saturated heterocycles. The molecule has 0 spiro atoms. The minimum atomic E-state index is -1.13. The first kappa shape index (κ1) is 18.4. The van der Waals surface area contributed by atoms with E-state index in [1.807, 2.05) is 0 Å². The van der Waals surface area contributed by atoms with Gasteiger partial charge in [-0.2, -0.15) is 0 Å². The van der Waals surface area contributed by atoms with Crippen molar-refractivity contribution in [2.45, 2.75) is 13.0 Å². The Labute approximate surface area is 144 Å². The first-order valence-corrected chi connectivity index (χ1v) is 7.53. The number of carbonyl (C=O) groups excluding carboxylic acids is 3. The third-order valence-corrected chi connectivity index (χ3v) is 3.68. The van der Waals surface area contributed by atoms with Crippen molar-refractivity contribution in [3.05, 3.63) is 17.7 Å². The average Bonchev–Trinajstić information content (AvgIpc) is 3.05. The topological polar surface area (TPSA) is 103 Å². The van der Waals surface area contributed by atoms with Crippen LogP contribution in [0.3, 0.4) is 0 Å². The number of amides is 3. The van der Waals surface area contributed by atoms with E-state index in [1.165, 1.54) is 40.4 Å². The lowest BCUT2D eigenvalue weighted by molar-refractivity contribution is -0.136. The lowest BCUT2D eigenvalue weighted by atomic mass is 10.1. The van der Waals surface area contributed by atoms with Crippen LogP contribution < -0.4 is 19.5 Å². The Morgan fingerprint density at radius 1 is 1.12 bits per heavy atom. The molecule has 25 heavy (non-hydrogen) atoms. The average molecular weight is 352 g/mol. The van der Waals surface area contributed by atoms with Crippen molar-refractivity contribution in [3.63, 3.8) is 0 Å². The minimum absolute atomic E-state index is 0.0747. The van der Waals surface area contributed by atoms with Gasteiger partial charge < -0.3 is 24.3 Å². The number of hydrogen-bond acceptors (Lipinski definition) is 7. The summed E-state index contributed by atoms with van der Waals surface area (Å²) in [6, 6.07) is 2.47. The fraction of sp³-hybridized carbons (Fsp3) is 0.438. The van der Waals surface area contributed by atoms with Crippen LogP contribution in [-0.2, 0) is 9.53 Å². The molecule has 2 rings (SSSR count). The zero-order valence-corrected chi connectivity index (χ0v) is 14.5. The van der Waals surface area contributed by atoms with Crippen molar-refractivity contribution in [2.24, 2.45) is 0 Å². The fourth-order valence-corrected chi connectivity index (χ4v) is 2.44. The quantitative estimate of drug-likeness (QED) is 0.756. The zero-order chi connectivity index (χ0) is 18.6. The summed E-state index contributed by atoms with van der Waals surface area (Å²) < 4.78 is 20.8. The molecule has 1 unspecified atom stereocenters. The number of ether oxygens (including phenoxy) is 4. The summed E-state index contributed by atoms with van der Waals surface area (Å²) in [5.41, 5.74) is 0.0747. The lowest BCUT2D eigenvalue weighted by Gasteiger charge is -2.19. The summed E-state index contributed by atoms with van der Waals surface area (Å²) in [7, 11) is 4.24. The molecule has 1 atom stereocenters. The number of methoxy groups -OCH3 is 3. The van der Waals surface area contributed by atoms with Crippen molar-refractivity contribution in [2.75, 3.05) is 34.4 Å².